The van der Waals surface area contributed by atoms with E-state index in [1.165, 1.54) is 0 Å². The number of nitrogens with two attached hydrogens (primary N) is 1. The van der Waals surface area contributed by atoms with Crippen LogP contribution < -0.4 is 5.73 Å². The Labute approximate surface area is 92.7 Å². The van der Waals surface area contributed by atoms with Crippen LogP contribution >= 0.6 is 0 Å². The SMILES string of the molecule is CCCN(CC)C1(CN)CCS(=O)(=O)C1. The molecule has 0 amide bonds. The van der Waals surface area contributed by atoms with Crippen molar-refractivity contribution in [3.05, 3.63) is 0 Å². The fourth-order valence-corrected chi connectivity index (χ4v) is 4.54. The molecule has 90 valence electrons. The normalized spacial score (nSPS) is 29.9. The average Bonchev–Trinajstić information content (AvgIpc) is 2.52. The standard InChI is InChI=1S/C10H22N2O2S/c1-3-6-12(4-2)10(8-11)5-7-15(13,14)9-10/h3-9,11H2,1-2H3. The second kappa shape index (κ2) is 4.80. The molecule has 1 aliphatic rings. The Morgan fingerprint density at radius 2 is 2.07 bits per heavy atom. The first-order valence-corrected chi connectivity index (χ1v) is 7.47. The van der Waals surface area contributed by atoms with E-state index in [2.05, 4.69) is 18.7 Å². The minimum absolute atomic E-state index is 0.240. The van der Waals surface area contributed by atoms with Crippen LogP contribution in [0.15, 0.2) is 0 Å². The van der Waals surface area contributed by atoms with Gasteiger partial charge in [0.2, 0.25) is 0 Å². The lowest BCUT2D eigenvalue weighted by Gasteiger charge is -2.38. The van der Waals surface area contributed by atoms with Gasteiger partial charge in [0.25, 0.3) is 0 Å². The van der Waals surface area contributed by atoms with Gasteiger partial charge in [-0.1, -0.05) is 13.8 Å². The lowest BCUT2D eigenvalue weighted by atomic mass is 9.96. The Balaban J connectivity index is 2.85. The quantitative estimate of drug-likeness (QED) is 0.740. The molecule has 0 aromatic heterocycles. The fraction of sp³-hybridized carbons (Fsp3) is 1.00. The summed E-state index contributed by atoms with van der Waals surface area (Å²) in [6.45, 7) is 6.43. The molecule has 0 radical (unpaired) electrons. The van der Waals surface area contributed by atoms with Crippen molar-refractivity contribution >= 4 is 9.84 Å². The summed E-state index contributed by atoms with van der Waals surface area (Å²) in [6.07, 6.45) is 1.73. The highest BCUT2D eigenvalue weighted by molar-refractivity contribution is 7.91. The molecule has 1 fully saturated rings. The van der Waals surface area contributed by atoms with Gasteiger partial charge in [-0.05, 0) is 25.9 Å². The predicted molar refractivity (Wildman–Crippen MR) is 62.6 cm³/mol. The van der Waals surface area contributed by atoms with E-state index in [1.54, 1.807) is 0 Å². The second-order valence-corrected chi connectivity index (χ2v) is 6.53. The summed E-state index contributed by atoms with van der Waals surface area (Å²) < 4.78 is 23.1. The summed E-state index contributed by atoms with van der Waals surface area (Å²) in [6, 6.07) is 0. The Bertz CT molecular complexity index is 303. The molecular weight excluding hydrogens is 212 g/mol. The van der Waals surface area contributed by atoms with Crippen molar-refractivity contribution < 1.29 is 8.42 Å². The molecule has 1 heterocycles. The van der Waals surface area contributed by atoms with Crippen molar-refractivity contribution in [2.24, 2.45) is 5.73 Å². The molecule has 5 heteroatoms. The summed E-state index contributed by atoms with van der Waals surface area (Å²) in [4.78, 5) is 2.23. The van der Waals surface area contributed by atoms with Crippen LogP contribution in [0.25, 0.3) is 0 Å². The molecule has 0 saturated carbocycles. The molecule has 2 N–H and O–H groups in total. The van der Waals surface area contributed by atoms with Crippen molar-refractivity contribution in [1.29, 1.82) is 0 Å². The molecule has 0 aliphatic carbocycles. The number of hydrogen-bond acceptors (Lipinski definition) is 4. The van der Waals surface area contributed by atoms with E-state index in [9.17, 15) is 8.42 Å². The van der Waals surface area contributed by atoms with Crippen LogP contribution in [0.1, 0.15) is 26.7 Å². The van der Waals surface area contributed by atoms with Gasteiger partial charge in [0.1, 0.15) is 0 Å². The topological polar surface area (TPSA) is 63.4 Å². The monoisotopic (exact) mass is 234 g/mol. The van der Waals surface area contributed by atoms with Crippen LogP contribution in [0.5, 0.6) is 0 Å². The minimum atomic E-state index is -2.86. The number of rotatable bonds is 5. The summed E-state index contributed by atoms with van der Waals surface area (Å²) in [5, 5.41) is 0. The molecule has 1 aliphatic heterocycles. The van der Waals surface area contributed by atoms with Gasteiger partial charge in [-0.25, -0.2) is 8.42 Å². The van der Waals surface area contributed by atoms with Crippen LogP contribution in [0.3, 0.4) is 0 Å². The van der Waals surface area contributed by atoms with Gasteiger partial charge in [0, 0.05) is 12.1 Å². The van der Waals surface area contributed by atoms with Crippen LogP contribution in [0.4, 0.5) is 0 Å². The van der Waals surface area contributed by atoms with E-state index in [0.29, 0.717) is 18.7 Å². The fourth-order valence-electron chi connectivity index (χ4n) is 2.44. The molecule has 1 unspecified atom stereocenters. The first kappa shape index (κ1) is 12.9. The molecular formula is C10H22N2O2S. The van der Waals surface area contributed by atoms with Gasteiger partial charge in [0.15, 0.2) is 9.84 Å². The van der Waals surface area contributed by atoms with Crippen molar-refractivity contribution in [2.45, 2.75) is 32.2 Å². The highest BCUT2D eigenvalue weighted by Crippen LogP contribution is 2.29. The molecule has 1 saturated heterocycles. The third-order valence-electron chi connectivity index (χ3n) is 3.29. The number of likely N-dealkylation sites (N-methyl/N-ethyl adjacent to an activating group) is 1. The van der Waals surface area contributed by atoms with Gasteiger partial charge < -0.3 is 5.73 Å². The number of sulfone groups is 1. The van der Waals surface area contributed by atoms with Crippen LogP contribution in [0, 0.1) is 0 Å². The summed E-state index contributed by atoms with van der Waals surface area (Å²) in [7, 11) is -2.86. The van der Waals surface area contributed by atoms with Gasteiger partial charge in [-0.15, -0.1) is 0 Å². The lowest BCUT2D eigenvalue weighted by Crippen LogP contribution is -2.55. The Morgan fingerprint density at radius 1 is 1.40 bits per heavy atom. The summed E-state index contributed by atoms with van der Waals surface area (Å²) in [5.74, 6) is 0.536. The first-order chi connectivity index (χ1) is 6.99. The molecule has 0 aromatic carbocycles. The molecule has 0 spiro atoms. The zero-order valence-corrected chi connectivity index (χ0v) is 10.5. The maximum Gasteiger partial charge on any atom is 0.152 e. The van der Waals surface area contributed by atoms with Crippen molar-refractivity contribution in [3.63, 3.8) is 0 Å². The summed E-state index contributed by atoms with van der Waals surface area (Å²) >= 11 is 0. The summed E-state index contributed by atoms with van der Waals surface area (Å²) in [5.41, 5.74) is 5.50. The maximum absolute atomic E-state index is 11.5. The molecule has 0 aromatic rings. The molecule has 0 bridgehead atoms. The van der Waals surface area contributed by atoms with Crippen molar-refractivity contribution in [2.75, 3.05) is 31.1 Å². The third-order valence-corrected chi connectivity index (χ3v) is 5.10. The maximum atomic E-state index is 11.5. The van der Waals surface area contributed by atoms with E-state index in [4.69, 9.17) is 5.73 Å². The third kappa shape index (κ3) is 2.71. The number of hydrogen-bond donors (Lipinski definition) is 1. The van der Waals surface area contributed by atoms with Crippen molar-refractivity contribution in [3.8, 4) is 0 Å². The van der Waals surface area contributed by atoms with Gasteiger partial charge in [0.05, 0.1) is 11.5 Å². The van der Waals surface area contributed by atoms with E-state index < -0.39 is 9.84 Å². The highest BCUT2D eigenvalue weighted by atomic mass is 32.2. The Kier molecular flexibility index (Phi) is 4.14. The van der Waals surface area contributed by atoms with Crippen molar-refractivity contribution in [1.82, 2.24) is 4.90 Å². The first-order valence-electron chi connectivity index (χ1n) is 5.65. The van der Waals surface area contributed by atoms with Gasteiger partial charge >= 0.3 is 0 Å². The van der Waals surface area contributed by atoms with Crippen LogP contribution in [-0.4, -0.2) is 50.0 Å². The minimum Gasteiger partial charge on any atom is -0.329 e. The Morgan fingerprint density at radius 3 is 2.40 bits per heavy atom. The van der Waals surface area contributed by atoms with Crippen LogP contribution in [0.2, 0.25) is 0 Å². The zero-order valence-electron chi connectivity index (χ0n) is 9.70. The van der Waals surface area contributed by atoms with Gasteiger partial charge in [-0.3, -0.25) is 4.90 Å². The average molecular weight is 234 g/mol. The highest BCUT2D eigenvalue weighted by Gasteiger charge is 2.44. The Hall–Kier alpha value is -0.130. The molecule has 4 nitrogen and oxygen atoms in total. The predicted octanol–water partition coefficient (Wildman–Crippen LogP) is 0.234. The number of nitrogens with zero attached hydrogens (tertiary/aromatic N) is 1. The molecule has 1 rings (SSSR count). The second-order valence-electron chi connectivity index (χ2n) is 4.35. The largest absolute Gasteiger partial charge is 0.329 e. The molecule has 1 atom stereocenters. The zero-order chi connectivity index (χ0) is 11.5. The smallest absolute Gasteiger partial charge is 0.152 e. The van der Waals surface area contributed by atoms with E-state index in [-0.39, 0.29) is 11.3 Å². The van der Waals surface area contributed by atoms with E-state index in [1.807, 2.05) is 0 Å². The van der Waals surface area contributed by atoms with Gasteiger partial charge in [-0.2, -0.15) is 0 Å². The van der Waals surface area contributed by atoms with Crippen LogP contribution in [-0.2, 0) is 9.84 Å². The van der Waals surface area contributed by atoms with E-state index >= 15 is 0 Å². The van der Waals surface area contributed by atoms with E-state index in [0.717, 1.165) is 19.5 Å². The molecule has 15 heavy (non-hydrogen) atoms. The lowest BCUT2D eigenvalue weighted by molar-refractivity contribution is 0.123.